The summed E-state index contributed by atoms with van der Waals surface area (Å²) < 4.78 is 12.4. The van der Waals surface area contributed by atoms with E-state index in [4.69, 9.17) is 9.47 Å². The molecule has 0 saturated heterocycles. The van der Waals surface area contributed by atoms with Crippen LogP contribution in [0.15, 0.2) is 0 Å². The average Bonchev–Trinajstić information content (AvgIpc) is 3.02. The molecule has 0 aromatic carbocycles. The minimum atomic E-state index is -0.249. The molecule has 4 unspecified atom stereocenters. The fraction of sp³-hybridized carbons (Fsp3) is 0.952. The second-order valence-corrected chi connectivity index (χ2v) is 17.5. The number of esters is 2. The number of unbranched alkanes of at least 4 members (excludes halogenated alkanes) is 8. The van der Waals surface area contributed by atoms with Gasteiger partial charge in [0.1, 0.15) is 0 Å². The van der Waals surface area contributed by atoms with Crippen molar-refractivity contribution in [1.82, 2.24) is 0 Å². The number of rotatable bonds is 26. The quantitative estimate of drug-likeness (QED) is 0.0737. The van der Waals surface area contributed by atoms with Gasteiger partial charge in [-0.05, 0) is 80.5 Å². The Morgan fingerprint density at radius 3 is 1.34 bits per heavy atom. The smallest absolute Gasteiger partial charge is 0.306 e. The second-order valence-electron chi connectivity index (χ2n) is 17.5. The van der Waals surface area contributed by atoms with Crippen LogP contribution in [0.3, 0.4) is 0 Å². The normalized spacial score (nSPS) is 27.4. The van der Waals surface area contributed by atoms with E-state index >= 15 is 0 Å². The SMILES string of the molecule is CCCCCC(CCCCC)CC(=O)OCC1(C)CC2(CO)CC(C)(CC)CC(COC(=O)CC(CCCCC)CCCCC)(C1)C2. The maximum Gasteiger partial charge on any atom is 0.306 e. The predicted molar refractivity (Wildman–Crippen MR) is 196 cm³/mol. The summed E-state index contributed by atoms with van der Waals surface area (Å²) >= 11 is 0. The first-order chi connectivity index (χ1) is 22.4. The van der Waals surface area contributed by atoms with Crippen LogP contribution in [0.5, 0.6) is 0 Å². The molecule has 0 amide bonds. The van der Waals surface area contributed by atoms with Gasteiger partial charge in [0.2, 0.25) is 0 Å². The highest BCUT2D eigenvalue weighted by Crippen LogP contribution is 2.66. The molecule has 2 bridgehead atoms. The summed E-state index contributed by atoms with van der Waals surface area (Å²) in [5.41, 5.74) is -0.594. The van der Waals surface area contributed by atoms with E-state index in [1.54, 1.807) is 0 Å². The van der Waals surface area contributed by atoms with Crippen molar-refractivity contribution >= 4 is 11.9 Å². The molecule has 0 aromatic rings. The van der Waals surface area contributed by atoms with Crippen LogP contribution >= 0.6 is 0 Å². The Hall–Kier alpha value is -1.10. The third-order valence-electron chi connectivity index (χ3n) is 12.0. The van der Waals surface area contributed by atoms with Crippen molar-refractivity contribution in [2.75, 3.05) is 19.8 Å². The third-order valence-corrected chi connectivity index (χ3v) is 12.0. The van der Waals surface area contributed by atoms with Crippen LogP contribution in [-0.2, 0) is 19.1 Å². The van der Waals surface area contributed by atoms with E-state index in [1.165, 1.54) is 77.0 Å². The molecule has 2 rings (SSSR count). The fourth-order valence-corrected chi connectivity index (χ4v) is 10.1. The van der Waals surface area contributed by atoms with Crippen LogP contribution in [0.2, 0.25) is 0 Å². The number of fused-ring (bicyclic) bond motifs is 2. The first-order valence-electron chi connectivity index (χ1n) is 20.4. The minimum Gasteiger partial charge on any atom is -0.465 e. The van der Waals surface area contributed by atoms with Gasteiger partial charge in [-0.2, -0.15) is 0 Å². The van der Waals surface area contributed by atoms with Crippen LogP contribution in [0.1, 0.15) is 203 Å². The molecule has 2 aliphatic carbocycles. The molecular weight excluding hydrogens is 584 g/mol. The Bertz CT molecular complexity index is 860. The summed E-state index contributed by atoms with van der Waals surface area (Å²) in [6, 6.07) is 0. The summed E-state index contributed by atoms with van der Waals surface area (Å²) in [6.45, 7) is 16.8. The van der Waals surface area contributed by atoms with E-state index in [-0.39, 0.29) is 40.2 Å². The van der Waals surface area contributed by atoms with Gasteiger partial charge < -0.3 is 14.6 Å². The zero-order chi connectivity index (χ0) is 34.8. The van der Waals surface area contributed by atoms with Crippen molar-refractivity contribution in [1.29, 1.82) is 0 Å². The molecule has 0 spiro atoms. The molecule has 2 aliphatic rings. The third kappa shape index (κ3) is 14.7. The lowest BCUT2D eigenvalue weighted by molar-refractivity contribution is -0.184. The van der Waals surface area contributed by atoms with Gasteiger partial charge in [-0.1, -0.05) is 132 Å². The first-order valence-corrected chi connectivity index (χ1v) is 20.4. The monoisotopic (exact) mass is 663 g/mol. The molecule has 0 aliphatic heterocycles. The van der Waals surface area contributed by atoms with E-state index in [9.17, 15) is 14.7 Å². The van der Waals surface area contributed by atoms with E-state index < -0.39 is 0 Å². The van der Waals surface area contributed by atoms with Crippen LogP contribution in [0.4, 0.5) is 0 Å². The fourth-order valence-electron chi connectivity index (χ4n) is 10.1. The summed E-state index contributed by atoms with van der Waals surface area (Å²) in [5, 5.41) is 11.0. The predicted octanol–water partition coefficient (Wildman–Crippen LogP) is 11.8. The molecule has 276 valence electrons. The van der Waals surface area contributed by atoms with E-state index in [1.807, 2.05) is 0 Å². The van der Waals surface area contributed by atoms with Crippen molar-refractivity contribution in [3.05, 3.63) is 0 Å². The number of ether oxygens (including phenoxy) is 2. The van der Waals surface area contributed by atoms with Gasteiger partial charge in [0.25, 0.3) is 0 Å². The molecule has 47 heavy (non-hydrogen) atoms. The zero-order valence-electron chi connectivity index (χ0n) is 32.3. The molecule has 2 fully saturated rings. The molecule has 0 heterocycles. The highest BCUT2D eigenvalue weighted by Gasteiger charge is 2.60. The molecule has 2 saturated carbocycles. The van der Waals surface area contributed by atoms with Crippen LogP contribution in [-0.4, -0.2) is 36.9 Å². The molecule has 0 radical (unpaired) electrons. The van der Waals surface area contributed by atoms with Gasteiger partial charge in [0.05, 0.1) is 13.2 Å². The first kappa shape index (κ1) is 42.1. The van der Waals surface area contributed by atoms with Gasteiger partial charge in [-0.25, -0.2) is 0 Å². The second kappa shape index (κ2) is 21.2. The standard InChI is InChI=1S/C42H78O5/c1-8-13-17-21-35(22-18-14-9-2)25-37(44)46-33-40(7)29-41(32-43)27-39(6,12-5)28-42(30-40,31-41)34-47-38(45)26-36(23-19-15-10-3)24-20-16-11-4/h35-36,43H,8-34H2,1-7H3. The molecule has 1 N–H and O–H groups in total. The maximum atomic E-state index is 13.4. The number of carbonyl (C=O) groups is 2. The highest BCUT2D eigenvalue weighted by molar-refractivity contribution is 5.70. The molecule has 5 heteroatoms. The average molecular weight is 663 g/mol. The number of hydrogen-bond acceptors (Lipinski definition) is 5. The molecule has 0 aromatic heterocycles. The van der Waals surface area contributed by atoms with Crippen molar-refractivity contribution in [2.24, 2.45) is 33.5 Å². The number of carbonyl (C=O) groups excluding carboxylic acids is 2. The largest absolute Gasteiger partial charge is 0.465 e. The number of hydrogen-bond donors (Lipinski definition) is 1. The van der Waals surface area contributed by atoms with Crippen LogP contribution in [0, 0.1) is 33.5 Å². The maximum absolute atomic E-state index is 13.4. The Morgan fingerprint density at radius 1 is 0.553 bits per heavy atom. The summed E-state index contributed by atoms with van der Waals surface area (Å²) in [5.74, 6) is 0.707. The van der Waals surface area contributed by atoms with E-state index in [0.29, 0.717) is 37.9 Å². The molecule has 5 nitrogen and oxygen atoms in total. The Labute approximate surface area is 291 Å². The lowest BCUT2D eigenvalue weighted by Crippen LogP contribution is -2.57. The van der Waals surface area contributed by atoms with Crippen molar-refractivity contribution < 1.29 is 24.2 Å². The van der Waals surface area contributed by atoms with Gasteiger partial charge in [-0.15, -0.1) is 0 Å². The summed E-state index contributed by atoms with van der Waals surface area (Å²) in [4.78, 5) is 26.7. The van der Waals surface area contributed by atoms with Crippen molar-refractivity contribution in [3.63, 3.8) is 0 Å². The highest BCUT2D eigenvalue weighted by atomic mass is 16.5. The van der Waals surface area contributed by atoms with E-state index in [2.05, 4.69) is 48.5 Å². The molecular formula is C42H78O5. The van der Waals surface area contributed by atoms with Crippen molar-refractivity contribution in [2.45, 2.75) is 203 Å². The van der Waals surface area contributed by atoms with E-state index in [0.717, 1.165) is 64.2 Å². The topological polar surface area (TPSA) is 72.8 Å². The summed E-state index contributed by atoms with van der Waals surface area (Å²) in [6.07, 6.45) is 25.5. The summed E-state index contributed by atoms with van der Waals surface area (Å²) in [7, 11) is 0. The number of aliphatic hydroxyl groups is 1. The number of aliphatic hydroxyl groups excluding tert-OH is 1. The van der Waals surface area contributed by atoms with Gasteiger partial charge in [-0.3, -0.25) is 9.59 Å². The van der Waals surface area contributed by atoms with Gasteiger partial charge >= 0.3 is 11.9 Å². The lowest BCUT2D eigenvalue weighted by Gasteiger charge is -2.62. The Balaban J connectivity index is 2.14. The van der Waals surface area contributed by atoms with Crippen molar-refractivity contribution in [3.8, 4) is 0 Å². The van der Waals surface area contributed by atoms with Gasteiger partial charge in [0.15, 0.2) is 0 Å². The Morgan fingerprint density at radius 2 is 0.936 bits per heavy atom. The van der Waals surface area contributed by atoms with Crippen LogP contribution in [0.25, 0.3) is 0 Å². The van der Waals surface area contributed by atoms with Crippen LogP contribution < -0.4 is 0 Å². The lowest BCUT2D eigenvalue weighted by atomic mass is 9.43. The van der Waals surface area contributed by atoms with Gasteiger partial charge in [0, 0.05) is 30.3 Å². The zero-order valence-corrected chi connectivity index (χ0v) is 32.3. The Kier molecular flexibility index (Phi) is 19.0. The molecule has 4 atom stereocenters. The minimum absolute atomic E-state index is 0.0494.